The zero-order valence-corrected chi connectivity index (χ0v) is 16.2. The van der Waals surface area contributed by atoms with Gasteiger partial charge in [0.25, 0.3) is 5.91 Å². The largest absolute Gasteiger partial charge is 0.497 e. The Bertz CT molecular complexity index is 981. The van der Waals surface area contributed by atoms with Crippen molar-refractivity contribution in [2.45, 2.75) is 6.54 Å². The number of hydrogen-bond donors (Lipinski definition) is 2. The van der Waals surface area contributed by atoms with Crippen molar-refractivity contribution in [1.29, 1.82) is 0 Å². The fourth-order valence-corrected chi connectivity index (χ4v) is 2.70. The standard InChI is InChI=1S/C20H19ClN4O3/c1-27-14-7-8-16(18(9-14)28-2)25-19-10-17(23-12-24-19)20(26)22-11-13-5-3-4-6-15(13)21/h3-10,12H,11H2,1-2H3,(H,22,26)(H,23,24,25). The Labute approximate surface area is 167 Å². The van der Waals surface area contributed by atoms with E-state index in [2.05, 4.69) is 20.6 Å². The molecule has 0 saturated carbocycles. The molecule has 8 heteroatoms. The van der Waals surface area contributed by atoms with Crippen LogP contribution in [0.2, 0.25) is 5.02 Å². The van der Waals surface area contributed by atoms with Crippen LogP contribution in [0.5, 0.6) is 11.5 Å². The lowest BCUT2D eigenvalue weighted by molar-refractivity contribution is 0.0946. The maximum atomic E-state index is 12.4. The number of rotatable bonds is 7. The molecule has 0 bridgehead atoms. The molecule has 2 N–H and O–H groups in total. The Morgan fingerprint density at radius 2 is 1.89 bits per heavy atom. The van der Waals surface area contributed by atoms with Gasteiger partial charge in [-0.15, -0.1) is 0 Å². The number of amides is 1. The molecule has 0 aliphatic heterocycles. The normalized spacial score (nSPS) is 10.2. The monoisotopic (exact) mass is 398 g/mol. The lowest BCUT2D eigenvalue weighted by Crippen LogP contribution is -2.24. The van der Waals surface area contributed by atoms with Gasteiger partial charge in [0.15, 0.2) is 0 Å². The lowest BCUT2D eigenvalue weighted by Gasteiger charge is -2.12. The molecule has 28 heavy (non-hydrogen) atoms. The Kier molecular flexibility index (Phi) is 6.29. The van der Waals surface area contributed by atoms with Crippen LogP contribution in [0.3, 0.4) is 0 Å². The van der Waals surface area contributed by atoms with Crippen molar-refractivity contribution >= 4 is 29.0 Å². The average molecular weight is 399 g/mol. The second-order valence-electron chi connectivity index (χ2n) is 5.75. The van der Waals surface area contributed by atoms with Crippen molar-refractivity contribution in [1.82, 2.24) is 15.3 Å². The molecule has 3 rings (SSSR count). The van der Waals surface area contributed by atoms with Crippen molar-refractivity contribution in [3.8, 4) is 11.5 Å². The first-order valence-electron chi connectivity index (χ1n) is 8.43. The second kappa shape index (κ2) is 9.05. The SMILES string of the molecule is COc1ccc(Nc2cc(C(=O)NCc3ccccc3Cl)ncn2)c(OC)c1. The van der Waals surface area contributed by atoms with Crippen molar-refractivity contribution in [3.05, 3.63) is 71.1 Å². The molecule has 0 saturated heterocycles. The number of nitrogens with one attached hydrogen (secondary N) is 2. The third kappa shape index (κ3) is 4.69. The van der Waals surface area contributed by atoms with E-state index < -0.39 is 0 Å². The molecule has 1 amide bonds. The predicted octanol–water partition coefficient (Wildman–Crippen LogP) is 3.82. The third-order valence-electron chi connectivity index (χ3n) is 3.97. The minimum Gasteiger partial charge on any atom is -0.497 e. The number of methoxy groups -OCH3 is 2. The van der Waals surface area contributed by atoms with Crippen LogP contribution >= 0.6 is 11.6 Å². The summed E-state index contributed by atoms with van der Waals surface area (Å²) in [5, 5.41) is 6.52. The van der Waals surface area contributed by atoms with E-state index >= 15 is 0 Å². The summed E-state index contributed by atoms with van der Waals surface area (Å²) in [6, 6.07) is 14.2. The molecule has 1 heterocycles. The smallest absolute Gasteiger partial charge is 0.270 e. The molecule has 1 aromatic heterocycles. The Balaban J connectivity index is 1.72. The van der Waals surface area contributed by atoms with E-state index in [1.54, 1.807) is 44.6 Å². The van der Waals surface area contributed by atoms with Crippen LogP contribution in [0, 0.1) is 0 Å². The highest BCUT2D eigenvalue weighted by molar-refractivity contribution is 6.31. The number of carbonyl (C=O) groups excluding carboxylic acids is 1. The summed E-state index contributed by atoms with van der Waals surface area (Å²) >= 11 is 6.11. The molecule has 0 aliphatic carbocycles. The molecule has 2 aromatic carbocycles. The van der Waals surface area contributed by atoms with Gasteiger partial charge < -0.3 is 20.1 Å². The van der Waals surface area contributed by atoms with Gasteiger partial charge in [-0.05, 0) is 23.8 Å². The van der Waals surface area contributed by atoms with Gasteiger partial charge in [-0.2, -0.15) is 0 Å². The summed E-state index contributed by atoms with van der Waals surface area (Å²) < 4.78 is 10.5. The zero-order chi connectivity index (χ0) is 19.9. The average Bonchev–Trinajstić information content (AvgIpc) is 2.73. The van der Waals surface area contributed by atoms with Gasteiger partial charge in [0, 0.05) is 23.7 Å². The predicted molar refractivity (Wildman–Crippen MR) is 107 cm³/mol. The Hall–Kier alpha value is -3.32. The summed E-state index contributed by atoms with van der Waals surface area (Å²) in [5.41, 5.74) is 1.74. The first-order valence-corrected chi connectivity index (χ1v) is 8.81. The maximum Gasteiger partial charge on any atom is 0.270 e. The minimum atomic E-state index is -0.327. The van der Waals surface area contributed by atoms with Crippen LogP contribution in [-0.4, -0.2) is 30.1 Å². The van der Waals surface area contributed by atoms with Crippen LogP contribution < -0.4 is 20.1 Å². The number of ether oxygens (including phenoxy) is 2. The highest BCUT2D eigenvalue weighted by atomic mass is 35.5. The summed E-state index contributed by atoms with van der Waals surface area (Å²) in [4.78, 5) is 20.6. The van der Waals surface area contributed by atoms with Crippen LogP contribution in [0.4, 0.5) is 11.5 Å². The lowest BCUT2D eigenvalue weighted by atomic mass is 10.2. The molecular formula is C20H19ClN4O3. The van der Waals surface area contributed by atoms with Crippen molar-refractivity contribution < 1.29 is 14.3 Å². The van der Waals surface area contributed by atoms with Crippen molar-refractivity contribution in [2.75, 3.05) is 19.5 Å². The molecule has 0 fully saturated rings. The number of halogens is 1. The summed E-state index contributed by atoms with van der Waals surface area (Å²) in [5.74, 6) is 1.39. The van der Waals surface area contributed by atoms with E-state index in [-0.39, 0.29) is 11.6 Å². The molecular weight excluding hydrogens is 380 g/mol. The number of hydrogen-bond acceptors (Lipinski definition) is 6. The van der Waals surface area contributed by atoms with E-state index in [0.717, 1.165) is 5.56 Å². The van der Waals surface area contributed by atoms with Crippen LogP contribution in [0.15, 0.2) is 54.9 Å². The van der Waals surface area contributed by atoms with Crippen LogP contribution in [0.1, 0.15) is 16.1 Å². The van der Waals surface area contributed by atoms with Gasteiger partial charge in [0.2, 0.25) is 0 Å². The maximum absolute atomic E-state index is 12.4. The van der Waals surface area contributed by atoms with Gasteiger partial charge in [0.05, 0.1) is 19.9 Å². The molecule has 7 nitrogen and oxygen atoms in total. The molecule has 0 atom stereocenters. The molecule has 3 aromatic rings. The van der Waals surface area contributed by atoms with Crippen LogP contribution in [0.25, 0.3) is 0 Å². The summed E-state index contributed by atoms with van der Waals surface area (Å²) in [6.07, 6.45) is 1.32. The van der Waals surface area contributed by atoms with E-state index in [9.17, 15) is 4.79 Å². The van der Waals surface area contributed by atoms with E-state index in [1.807, 2.05) is 18.2 Å². The highest BCUT2D eigenvalue weighted by Gasteiger charge is 2.11. The molecule has 0 aliphatic rings. The Morgan fingerprint density at radius 1 is 1.07 bits per heavy atom. The number of carbonyl (C=O) groups is 1. The number of nitrogens with zero attached hydrogens (tertiary/aromatic N) is 2. The molecule has 0 spiro atoms. The van der Waals surface area contributed by atoms with Gasteiger partial charge in [-0.1, -0.05) is 29.8 Å². The number of aromatic nitrogens is 2. The minimum absolute atomic E-state index is 0.233. The van der Waals surface area contributed by atoms with E-state index in [4.69, 9.17) is 21.1 Å². The number of benzene rings is 2. The topological polar surface area (TPSA) is 85.4 Å². The quantitative estimate of drug-likeness (QED) is 0.629. The fraction of sp³-hybridized carbons (Fsp3) is 0.150. The van der Waals surface area contributed by atoms with E-state index in [0.29, 0.717) is 34.6 Å². The molecule has 0 radical (unpaired) electrons. The molecule has 0 unspecified atom stereocenters. The highest BCUT2D eigenvalue weighted by Crippen LogP contribution is 2.30. The van der Waals surface area contributed by atoms with Gasteiger partial charge >= 0.3 is 0 Å². The third-order valence-corrected chi connectivity index (χ3v) is 4.34. The molecule has 144 valence electrons. The van der Waals surface area contributed by atoms with Gasteiger partial charge in [-0.25, -0.2) is 9.97 Å². The summed E-state index contributed by atoms with van der Waals surface area (Å²) in [6.45, 7) is 0.303. The van der Waals surface area contributed by atoms with Gasteiger partial charge in [-0.3, -0.25) is 4.79 Å². The Morgan fingerprint density at radius 3 is 2.64 bits per heavy atom. The fourth-order valence-electron chi connectivity index (χ4n) is 2.50. The summed E-state index contributed by atoms with van der Waals surface area (Å²) in [7, 11) is 3.15. The van der Waals surface area contributed by atoms with Crippen LogP contribution in [-0.2, 0) is 6.54 Å². The zero-order valence-electron chi connectivity index (χ0n) is 15.4. The first-order chi connectivity index (χ1) is 13.6. The number of anilines is 2. The van der Waals surface area contributed by atoms with Gasteiger partial charge in [0.1, 0.15) is 29.3 Å². The second-order valence-corrected chi connectivity index (χ2v) is 6.16. The van der Waals surface area contributed by atoms with Crippen molar-refractivity contribution in [2.24, 2.45) is 0 Å². The van der Waals surface area contributed by atoms with Crippen molar-refractivity contribution in [3.63, 3.8) is 0 Å². The first kappa shape index (κ1) is 19.4. The van der Waals surface area contributed by atoms with E-state index in [1.165, 1.54) is 6.33 Å².